The highest BCUT2D eigenvalue weighted by Crippen LogP contribution is 2.25. The van der Waals surface area contributed by atoms with Crippen molar-refractivity contribution in [1.29, 1.82) is 0 Å². The smallest absolute Gasteiger partial charge is 0.422 e. The highest BCUT2D eigenvalue weighted by Gasteiger charge is 2.39. The predicted octanol–water partition coefficient (Wildman–Crippen LogP) is 2.49. The van der Waals surface area contributed by atoms with Crippen LogP contribution < -0.4 is 15.4 Å². The van der Waals surface area contributed by atoms with Crippen LogP contribution in [0.4, 0.5) is 18.9 Å². The second-order valence-corrected chi connectivity index (χ2v) is 5.21. The van der Waals surface area contributed by atoms with Crippen LogP contribution in [0, 0.1) is 0 Å². The molecule has 1 aromatic heterocycles. The number of amides is 1. The summed E-state index contributed by atoms with van der Waals surface area (Å²) in [5.74, 6) is -0.294. The van der Waals surface area contributed by atoms with Crippen LogP contribution in [0.15, 0.2) is 18.3 Å². The predicted molar refractivity (Wildman–Crippen MR) is 74.7 cm³/mol. The molecule has 1 aromatic rings. The fraction of sp³-hybridized carbons (Fsp3) is 0.571. The number of rotatable bonds is 5. The fourth-order valence-corrected chi connectivity index (χ4v) is 2.41. The summed E-state index contributed by atoms with van der Waals surface area (Å²) < 4.78 is 40.6. The van der Waals surface area contributed by atoms with E-state index >= 15 is 0 Å². The third-order valence-corrected chi connectivity index (χ3v) is 3.66. The maximum absolute atomic E-state index is 12.3. The van der Waals surface area contributed by atoms with Crippen molar-refractivity contribution in [3.8, 4) is 5.88 Å². The molecule has 8 heteroatoms. The van der Waals surface area contributed by atoms with Gasteiger partial charge in [0.1, 0.15) is 0 Å². The van der Waals surface area contributed by atoms with Crippen LogP contribution in [0.3, 0.4) is 0 Å². The SMILES string of the molecule is CCC1(C(=O)Nc2ccc(OCC(F)(F)F)nc2)CCCN1. The van der Waals surface area contributed by atoms with Crippen LogP contribution in [-0.2, 0) is 4.79 Å². The molecule has 2 rings (SSSR count). The summed E-state index contributed by atoms with van der Waals surface area (Å²) in [5, 5.41) is 5.94. The molecule has 5 nitrogen and oxygen atoms in total. The maximum Gasteiger partial charge on any atom is 0.422 e. The van der Waals surface area contributed by atoms with Gasteiger partial charge < -0.3 is 15.4 Å². The Morgan fingerprint density at radius 3 is 2.77 bits per heavy atom. The number of alkyl halides is 3. The van der Waals surface area contributed by atoms with Crippen LogP contribution in [0.25, 0.3) is 0 Å². The molecular formula is C14H18F3N3O2. The first-order valence-corrected chi connectivity index (χ1v) is 7.07. The molecule has 1 saturated heterocycles. The van der Waals surface area contributed by atoms with Gasteiger partial charge in [0.2, 0.25) is 11.8 Å². The molecule has 0 aromatic carbocycles. The number of hydrogen-bond acceptors (Lipinski definition) is 4. The zero-order valence-electron chi connectivity index (χ0n) is 12.2. The number of aromatic nitrogens is 1. The summed E-state index contributed by atoms with van der Waals surface area (Å²) in [6.07, 6.45) is -0.767. The zero-order valence-corrected chi connectivity index (χ0v) is 12.2. The fourth-order valence-electron chi connectivity index (χ4n) is 2.41. The van der Waals surface area contributed by atoms with Crippen LogP contribution in [0.5, 0.6) is 5.88 Å². The highest BCUT2D eigenvalue weighted by molar-refractivity contribution is 5.98. The molecule has 2 heterocycles. The van der Waals surface area contributed by atoms with Gasteiger partial charge in [0.05, 0.1) is 17.4 Å². The number of carbonyl (C=O) groups is 1. The van der Waals surface area contributed by atoms with E-state index < -0.39 is 18.3 Å². The average Bonchev–Trinajstić information content (AvgIpc) is 2.96. The average molecular weight is 317 g/mol. The number of ether oxygens (including phenoxy) is 1. The van der Waals surface area contributed by atoms with E-state index in [1.165, 1.54) is 18.3 Å². The Hall–Kier alpha value is -1.83. The van der Waals surface area contributed by atoms with Crippen LogP contribution in [0.2, 0.25) is 0 Å². The number of hydrogen-bond donors (Lipinski definition) is 2. The lowest BCUT2D eigenvalue weighted by Crippen LogP contribution is -2.50. The molecule has 22 heavy (non-hydrogen) atoms. The van der Waals surface area contributed by atoms with E-state index in [9.17, 15) is 18.0 Å². The van der Waals surface area contributed by atoms with E-state index in [-0.39, 0.29) is 11.8 Å². The minimum absolute atomic E-state index is 0.139. The van der Waals surface area contributed by atoms with Gasteiger partial charge in [-0.2, -0.15) is 13.2 Å². The van der Waals surface area contributed by atoms with Crippen molar-refractivity contribution in [2.24, 2.45) is 0 Å². The molecule has 1 aliphatic heterocycles. The molecule has 122 valence electrons. The Morgan fingerprint density at radius 2 is 2.27 bits per heavy atom. The zero-order chi connectivity index (χ0) is 16.2. The molecule has 1 atom stereocenters. The molecule has 1 unspecified atom stereocenters. The Bertz CT molecular complexity index is 511. The van der Waals surface area contributed by atoms with E-state index in [0.29, 0.717) is 12.1 Å². The van der Waals surface area contributed by atoms with Crippen molar-refractivity contribution in [3.63, 3.8) is 0 Å². The molecule has 0 radical (unpaired) electrons. The lowest BCUT2D eigenvalue weighted by Gasteiger charge is -2.26. The minimum Gasteiger partial charge on any atom is -0.468 e. The summed E-state index contributed by atoms with van der Waals surface area (Å²) in [6.45, 7) is 1.34. The number of halogens is 3. The first kappa shape index (κ1) is 16.5. The van der Waals surface area contributed by atoms with E-state index in [2.05, 4.69) is 20.4 Å². The van der Waals surface area contributed by atoms with E-state index in [1.807, 2.05) is 6.92 Å². The Labute approximate surface area is 126 Å². The van der Waals surface area contributed by atoms with Crippen molar-refractivity contribution in [1.82, 2.24) is 10.3 Å². The number of anilines is 1. The monoisotopic (exact) mass is 317 g/mol. The normalized spacial score (nSPS) is 21.6. The molecular weight excluding hydrogens is 299 g/mol. The quantitative estimate of drug-likeness (QED) is 0.876. The summed E-state index contributed by atoms with van der Waals surface area (Å²) in [4.78, 5) is 16.1. The topological polar surface area (TPSA) is 63.2 Å². The molecule has 0 spiro atoms. The van der Waals surface area contributed by atoms with Crippen molar-refractivity contribution in [2.45, 2.75) is 37.9 Å². The van der Waals surface area contributed by atoms with Crippen LogP contribution in [0.1, 0.15) is 26.2 Å². The second kappa shape index (κ2) is 6.51. The van der Waals surface area contributed by atoms with Crippen molar-refractivity contribution >= 4 is 11.6 Å². The van der Waals surface area contributed by atoms with Gasteiger partial charge in [-0.15, -0.1) is 0 Å². The number of nitrogens with one attached hydrogen (secondary N) is 2. The van der Waals surface area contributed by atoms with Gasteiger partial charge in [-0.25, -0.2) is 4.98 Å². The number of pyridine rings is 1. The van der Waals surface area contributed by atoms with Gasteiger partial charge in [0.15, 0.2) is 6.61 Å². The minimum atomic E-state index is -4.41. The van der Waals surface area contributed by atoms with Gasteiger partial charge in [-0.1, -0.05) is 6.92 Å². The molecule has 1 fully saturated rings. The first-order chi connectivity index (χ1) is 10.3. The molecule has 0 bridgehead atoms. The lowest BCUT2D eigenvalue weighted by atomic mass is 9.93. The van der Waals surface area contributed by atoms with Crippen LogP contribution in [-0.4, -0.2) is 35.8 Å². The van der Waals surface area contributed by atoms with Crippen LogP contribution >= 0.6 is 0 Å². The van der Waals surface area contributed by atoms with Crippen molar-refractivity contribution in [2.75, 3.05) is 18.5 Å². The molecule has 1 amide bonds. The van der Waals surface area contributed by atoms with E-state index in [0.717, 1.165) is 19.4 Å². The van der Waals surface area contributed by atoms with Gasteiger partial charge >= 0.3 is 6.18 Å². The van der Waals surface area contributed by atoms with Gasteiger partial charge in [0, 0.05) is 6.07 Å². The summed E-state index contributed by atoms with van der Waals surface area (Å²) in [7, 11) is 0. The molecule has 1 aliphatic rings. The third kappa shape index (κ3) is 4.09. The van der Waals surface area contributed by atoms with E-state index in [4.69, 9.17) is 0 Å². The third-order valence-electron chi connectivity index (χ3n) is 3.66. The lowest BCUT2D eigenvalue weighted by molar-refractivity contribution is -0.154. The first-order valence-electron chi connectivity index (χ1n) is 7.07. The number of nitrogens with zero attached hydrogens (tertiary/aromatic N) is 1. The molecule has 2 N–H and O–H groups in total. The van der Waals surface area contributed by atoms with Gasteiger partial charge in [-0.05, 0) is 31.9 Å². The molecule has 0 aliphatic carbocycles. The van der Waals surface area contributed by atoms with Gasteiger partial charge in [-0.3, -0.25) is 4.79 Å². The molecule has 0 saturated carbocycles. The van der Waals surface area contributed by atoms with Crippen molar-refractivity contribution in [3.05, 3.63) is 18.3 Å². The Balaban J connectivity index is 1.95. The second-order valence-electron chi connectivity index (χ2n) is 5.21. The van der Waals surface area contributed by atoms with E-state index in [1.54, 1.807) is 0 Å². The maximum atomic E-state index is 12.3. The highest BCUT2D eigenvalue weighted by atomic mass is 19.4. The standard InChI is InChI=1S/C14H18F3N3O2/c1-2-13(6-3-7-19-13)12(21)20-10-4-5-11(18-8-10)22-9-14(15,16)17/h4-5,8,19H,2-3,6-7,9H2,1H3,(H,20,21). The largest absolute Gasteiger partial charge is 0.468 e. The summed E-state index contributed by atoms with van der Waals surface area (Å²) >= 11 is 0. The summed E-state index contributed by atoms with van der Waals surface area (Å²) in [5.41, 5.74) is -0.156. The number of carbonyl (C=O) groups excluding carboxylic acids is 1. The summed E-state index contributed by atoms with van der Waals surface area (Å²) in [6, 6.07) is 2.76. The van der Waals surface area contributed by atoms with Gasteiger partial charge in [0.25, 0.3) is 0 Å². The Kier molecular flexibility index (Phi) is 4.90. The Morgan fingerprint density at radius 1 is 1.50 bits per heavy atom. The van der Waals surface area contributed by atoms with Crippen molar-refractivity contribution < 1.29 is 22.7 Å².